The number of anilines is 1. The number of benzene rings is 1. The number of hydrogen-bond donors (Lipinski definition) is 2. The Bertz CT molecular complexity index is 551. The summed E-state index contributed by atoms with van der Waals surface area (Å²) >= 11 is 0. The number of hydrogen-bond acceptors (Lipinski definition) is 5. The number of esters is 1. The van der Waals surface area contributed by atoms with Gasteiger partial charge in [0.15, 0.2) is 0 Å². The van der Waals surface area contributed by atoms with Crippen LogP contribution in [-0.2, 0) is 9.53 Å². The lowest BCUT2D eigenvalue weighted by atomic mass is 10.1. The van der Waals surface area contributed by atoms with Crippen molar-refractivity contribution in [3.63, 3.8) is 0 Å². The molecular formula is C16H22N2O4. The van der Waals surface area contributed by atoms with Gasteiger partial charge in [-0.2, -0.15) is 0 Å². The lowest BCUT2D eigenvalue weighted by molar-refractivity contribution is -0.119. The Balaban J connectivity index is 2.23. The Morgan fingerprint density at radius 3 is 2.73 bits per heavy atom. The largest absolute Gasteiger partial charge is 0.489 e. The molecule has 1 aromatic rings. The minimum atomic E-state index is -0.450. The number of amides is 1. The van der Waals surface area contributed by atoms with Gasteiger partial charge in [0.05, 0.1) is 30.4 Å². The van der Waals surface area contributed by atoms with Crippen LogP contribution in [0.3, 0.4) is 0 Å². The Morgan fingerprint density at radius 2 is 2.14 bits per heavy atom. The van der Waals surface area contributed by atoms with Gasteiger partial charge in [0.2, 0.25) is 5.91 Å². The molecule has 6 heteroatoms. The number of rotatable bonds is 5. The third-order valence-corrected chi connectivity index (χ3v) is 3.45. The highest BCUT2D eigenvalue weighted by Crippen LogP contribution is 2.28. The van der Waals surface area contributed by atoms with Crippen LogP contribution in [0.4, 0.5) is 5.69 Å². The summed E-state index contributed by atoms with van der Waals surface area (Å²) in [6.07, 6.45) is 0.774. The van der Waals surface area contributed by atoms with Crippen LogP contribution in [0, 0.1) is 5.92 Å². The molecule has 1 fully saturated rings. The van der Waals surface area contributed by atoms with Gasteiger partial charge in [0.1, 0.15) is 5.75 Å². The summed E-state index contributed by atoms with van der Waals surface area (Å²) < 4.78 is 10.4. The second kappa shape index (κ2) is 7.26. The zero-order valence-electron chi connectivity index (χ0n) is 13.1. The number of ether oxygens (including phenoxy) is 2. The van der Waals surface area contributed by atoms with Gasteiger partial charge in [-0.05, 0) is 45.0 Å². The molecule has 1 heterocycles. The molecule has 6 nitrogen and oxygen atoms in total. The quantitative estimate of drug-likeness (QED) is 0.811. The van der Waals surface area contributed by atoms with Crippen molar-refractivity contribution in [1.82, 2.24) is 5.32 Å². The van der Waals surface area contributed by atoms with Gasteiger partial charge in [-0.25, -0.2) is 4.79 Å². The van der Waals surface area contributed by atoms with E-state index in [4.69, 9.17) is 9.47 Å². The molecule has 0 spiro atoms. The molecule has 1 aromatic carbocycles. The molecule has 2 N–H and O–H groups in total. The van der Waals surface area contributed by atoms with Crippen molar-refractivity contribution in [3.05, 3.63) is 23.8 Å². The highest BCUT2D eigenvalue weighted by atomic mass is 16.5. The maximum atomic E-state index is 12.3. The fourth-order valence-electron chi connectivity index (χ4n) is 2.34. The SMILES string of the molecule is COC(=O)c1ccc(OC(C)C)c(NC(=O)C2CCNC2)c1. The summed E-state index contributed by atoms with van der Waals surface area (Å²) in [6.45, 7) is 5.32. The number of carbonyl (C=O) groups is 2. The van der Waals surface area contributed by atoms with Crippen molar-refractivity contribution in [2.45, 2.75) is 26.4 Å². The molecule has 0 saturated carbocycles. The van der Waals surface area contributed by atoms with E-state index in [0.29, 0.717) is 23.5 Å². The van der Waals surface area contributed by atoms with Crippen molar-refractivity contribution in [1.29, 1.82) is 0 Å². The third-order valence-electron chi connectivity index (χ3n) is 3.45. The zero-order chi connectivity index (χ0) is 16.1. The zero-order valence-corrected chi connectivity index (χ0v) is 13.1. The Morgan fingerprint density at radius 1 is 1.36 bits per heavy atom. The summed E-state index contributed by atoms with van der Waals surface area (Å²) in [5.41, 5.74) is 0.868. The molecule has 0 radical (unpaired) electrons. The average molecular weight is 306 g/mol. The van der Waals surface area contributed by atoms with Crippen LogP contribution in [-0.4, -0.2) is 38.2 Å². The monoisotopic (exact) mass is 306 g/mol. The van der Waals surface area contributed by atoms with E-state index < -0.39 is 5.97 Å². The summed E-state index contributed by atoms with van der Waals surface area (Å²) in [4.78, 5) is 23.9. The topological polar surface area (TPSA) is 76.7 Å². The average Bonchev–Trinajstić information content (AvgIpc) is 3.02. The van der Waals surface area contributed by atoms with E-state index >= 15 is 0 Å². The van der Waals surface area contributed by atoms with Crippen molar-refractivity contribution in [3.8, 4) is 5.75 Å². The third kappa shape index (κ3) is 3.98. The van der Waals surface area contributed by atoms with Crippen molar-refractivity contribution < 1.29 is 19.1 Å². The summed E-state index contributed by atoms with van der Waals surface area (Å²) in [5.74, 6) is -0.0367. The van der Waals surface area contributed by atoms with Crippen LogP contribution >= 0.6 is 0 Å². The fraction of sp³-hybridized carbons (Fsp3) is 0.500. The molecule has 1 amide bonds. The van der Waals surface area contributed by atoms with Crippen LogP contribution in [0.1, 0.15) is 30.6 Å². The Kier molecular flexibility index (Phi) is 5.38. The summed E-state index contributed by atoms with van der Waals surface area (Å²) in [7, 11) is 1.32. The second-order valence-corrected chi connectivity index (χ2v) is 5.55. The molecular weight excluding hydrogens is 284 g/mol. The number of methoxy groups -OCH3 is 1. The van der Waals surface area contributed by atoms with Crippen LogP contribution in [0.2, 0.25) is 0 Å². The molecule has 0 aliphatic carbocycles. The van der Waals surface area contributed by atoms with Gasteiger partial charge in [-0.1, -0.05) is 0 Å². The van der Waals surface area contributed by atoms with E-state index in [1.54, 1.807) is 18.2 Å². The van der Waals surface area contributed by atoms with Gasteiger partial charge in [-0.15, -0.1) is 0 Å². The molecule has 1 aliphatic rings. The molecule has 1 saturated heterocycles. The molecule has 1 unspecified atom stereocenters. The van der Waals surface area contributed by atoms with Gasteiger partial charge in [0, 0.05) is 6.54 Å². The summed E-state index contributed by atoms with van der Waals surface area (Å²) in [6, 6.07) is 4.88. The van der Waals surface area contributed by atoms with Gasteiger partial charge in [-0.3, -0.25) is 4.79 Å². The predicted molar refractivity (Wildman–Crippen MR) is 83.2 cm³/mol. The van der Waals surface area contributed by atoms with Gasteiger partial charge in [0.25, 0.3) is 0 Å². The second-order valence-electron chi connectivity index (χ2n) is 5.55. The normalized spacial score (nSPS) is 17.4. The van der Waals surface area contributed by atoms with Crippen molar-refractivity contribution in [2.75, 3.05) is 25.5 Å². The Hall–Kier alpha value is -2.08. The molecule has 0 aromatic heterocycles. The fourth-order valence-corrected chi connectivity index (χ4v) is 2.34. The maximum Gasteiger partial charge on any atom is 0.337 e. The standard InChI is InChI=1S/C16H22N2O4/c1-10(2)22-14-5-4-11(16(20)21-3)8-13(14)18-15(19)12-6-7-17-9-12/h4-5,8,10,12,17H,6-7,9H2,1-3H3,(H,18,19). The van der Waals surface area contributed by atoms with Crippen molar-refractivity contribution in [2.24, 2.45) is 5.92 Å². The Labute approximate surface area is 130 Å². The first kappa shape index (κ1) is 16.3. The van der Waals surface area contributed by atoms with Gasteiger partial charge >= 0.3 is 5.97 Å². The number of carbonyl (C=O) groups excluding carboxylic acids is 2. The van der Waals surface area contributed by atoms with Crippen LogP contribution < -0.4 is 15.4 Å². The van der Waals surface area contributed by atoms with Gasteiger partial charge < -0.3 is 20.1 Å². The first-order chi connectivity index (χ1) is 10.5. The lowest BCUT2D eigenvalue weighted by Crippen LogP contribution is -2.25. The predicted octanol–water partition coefficient (Wildman–Crippen LogP) is 1.81. The molecule has 2 rings (SSSR count). The maximum absolute atomic E-state index is 12.3. The lowest BCUT2D eigenvalue weighted by Gasteiger charge is -2.17. The van der Waals surface area contributed by atoms with Crippen LogP contribution in [0.15, 0.2) is 18.2 Å². The molecule has 120 valence electrons. The first-order valence-corrected chi connectivity index (χ1v) is 7.42. The minimum Gasteiger partial charge on any atom is -0.489 e. The first-order valence-electron chi connectivity index (χ1n) is 7.42. The van der Waals surface area contributed by atoms with E-state index in [-0.39, 0.29) is 17.9 Å². The minimum absolute atomic E-state index is 0.0345. The smallest absolute Gasteiger partial charge is 0.337 e. The van der Waals surface area contributed by atoms with Crippen molar-refractivity contribution >= 4 is 17.6 Å². The van der Waals surface area contributed by atoms with E-state index in [9.17, 15) is 9.59 Å². The molecule has 22 heavy (non-hydrogen) atoms. The van der Waals surface area contributed by atoms with E-state index in [1.807, 2.05) is 13.8 Å². The van der Waals surface area contributed by atoms with Crippen LogP contribution in [0.5, 0.6) is 5.75 Å². The molecule has 1 atom stereocenters. The summed E-state index contributed by atoms with van der Waals surface area (Å²) in [5, 5.41) is 6.02. The highest BCUT2D eigenvalue weighted by molar-refractivity contribution is 5.97. The van der Waals surface area contributed by atoms with Crippen LogP contribution in [0.25, 0.3) is 0 Å². The molecule has 1 aliphatic heterocycles. The van der Waals surface area contributed by atoms with E-state index in [0.717, 1.165) is 13.0 Å². The van der Waals surface area contributed by atoms with E-state index in [2.05, 4.69) is 10.6 Å². The number of nitrogens with one attached hydrogen (secondary N) is 2. The molecule has 0 bridgehead atoms. The van der Waals surface area contributed by atoms with E-state index in [1.165, 1.54) is 7.11 Å². The highest BCUT2D eigenvalue weighted by Gasteiger charge is 2.23.